The molecule has 140 valence electrons. The Kier molecular flexibility index (Phi) is 9.58. The highest BCUT2D eigenvalue weighted by Crippen LogP contribution is 2.16. The van der Waals surface area contributed by atoms with Crippen molar-refractivity contribution >= 4 is 41.5 Å². The van der Waals surface area contributed by atoms with Crippen LogP contribution in [0.1, 0.15) is 13.3 Å². The first-order valence-corrected chi connectivity index (χ1v) is 8.23. The summed E-state index contributed by atoms with van der Waals surface area (Å²) in [6.07, 6.45) is 1.07. The number of guanidine groups is 1. The van der Waals surface area contributed by atoms with Crippen LogP contribution in [0.15, 0.2) is 29.3 Å². The van der Waals surface area contributed by atoms with Gasteiger partial charge in [0.25, 0.3) is 0 Å². The maximum Gasteiger partial charge on any atom is 0.246 e. The minimum atomic E-state index is -0.191. The third-order valence-electron chi connectivity index (χ3n) is 3.85. The SMILES string of the molecule is CCNC(=NCC(=O)Nc1ccc(O)cc1)N1CCC(COC)C1.I. The van der Waals surface area contributed by atoms with Gasteiger partial charge in [0.2, 0.25) is 5.91 Å². The summed E-state index contributed by atoms with van der Waals surface area (Å²) in [7, 11) is 1.72. The van der Waals surface area contributed by atoms with Gasteiger partial charge in [0, 0.05) is 38.3 Å². The van der Waals surface area contributed by atoms with Gasteiger partial charge >= 0.3 is 0 Å². The van der Waals surface area contributed by atoms with Crippen molar-refractivity contribution in [1.82, 2.24) is 10.2 Å². The predicted molar refractivity (Wildman–Crippen MR) is 110 cm³/mol. The third-order valence-corrected chi connectivity index (χ3v) is 3.85. The second-order valence-corrected chi connectivity index (χ2v) is 5.82. The van der Waals surface area contributed by atoms with Crippen LogP contribution in [-0.4, -0.2) is 61.8 Å². The van der Waals surface area contributed by atoms with E-state index in [2.05, 4.69) is 20.5 Å². The highest BCUT2D eigenvalue weighted by Gasteiger charge is 2.24. The van der Waals surface area contributed by atoms with E-state index in [1.807, 2.05) is 6.92 Å². The number of benzene rings is 1. The molecule has 1 atom stereocenters. The number of carbonyl (C=O) groups is 1. The van der Waals surface area contributed by atoms with Gasteiger partial charge in [-0.15, -0.1) is 24.0 Å². The van der Waals surface area contributed by atoms with Gasteiger partial charge < -0.3 is 25.4 Å². The maximum absolute atomic E-state index is 12.0. The van der Waals surface area contributed by atoms with Crippen molar-refractivity contribution in [2.45, 2.75) is 13.3 Å². The average Bonchev–Trinajstić information content (AvgIpc) is 3.02. The van der Waals surface area contributed by atoms with E-state index in [9.17, 15) is 9.90 Å². The molecule has 1 unspecified atom stereocenters. The summed E-state index contributed by atoms with van der Waals surface area (Å²) in [6, 6.07) is 6.36. The van der Waals surface area contributed by atoms with Crippen LogP contribution in [-0.2, 0) is 9.53 Å². The van der Waals surface area contributed by atoms with Crippen molar-refractivity contribution in [3.63, 3.8) is 0 Å². The number of nitrogens with one attached hydrogen (secondary N) is 2. The predicted octanol–water partition coefficient (Wildman–Crippen LogP) is 1.88. The molecule has 2 rings (SSSR count). The molecule has 1 heterocycles. The Bertz CT molecular complexity index is 566. The molecular formula is C17H27IN4O3. The number of aliphatic imine (C=N–C) groups is 1. The normalized spacial score (nSPS) is 17.1. The molecule has 1 saturated heterocycles. The number of methoxy groups -OCH3 is 1. The van der Waals surface area contributed by atoms with Crippen molar-refractivity contribution < 1.29 is 14.6 Å². The number of halogens is 1. The first-order valence-electron chi connectivity index (χ1n) is 8.23. The second-order valence-electron chi connectivity index (χ2n) is 5.82. The van der Waals surface area contributed by atoms with Crippen LogP contribution in [0.2, 0.25) is 0 Å². The number of nitrogens with zero attached hydrogens (tertiary/aromatic N) is 2. The Morgan fingerprint density at radius 1 is 1.40 bits per heavy atom. The number of anilines is 1. The van der Waals surface area contributed by atoms with Gasteiger partial charge in [0.1, 0.15) is 12.3 Å². The molecule has 1 aromatic rings. The molecule has 0 aromatic heterocycles. The first kappa shape index (κ1) is 21.5. The lowest BCUT2D eigenvalue weighted by atomic mass is 10.1. The van der Waals surface area contributed by atoms with Crippen LogP contribution >= 0.6 is 24.0 Å². The molecule has 0 radical (unpaired) electrons. The molecule has 0 bridgehead atoms. The highest BCUT2D eigenvalue weighted by molar-refractivity contribution is 14.0. The fraction of sp³-hybridized carbons (Fsp3) is 0.529. The van der Waals surface area contributed by atoms with Crippen molar-refractivity contribution in [1.29, 1.82) is 0 Å². The Balaban J connectivity index is 0.00000312. The summed E-state index contributed by atoms with van der Waals surface area (Å²) in [4.78, 5) is 18.6. The van der Waals surface area contributed by atoms with Crippen LogP contribution in [0.4, 0.5) is 5.69 Å². The number of phenolic OH excluding ortho intramolecular Hbond substituents is 1. The molecule has 8 heteroatoms. The summed E-state index contributed by atoms with van der Waals surface area (Å²) in [5.41, 5.74) is 0.638. The molecular weight excluding hydrogens is 435 g/mol. The van der Waals surface area contributed by atoms with E-state index in [0.29, 0.717) is 11.6 Å². The maximum atomic E-state index is 12.0. The summed E-state index contributed by atoms with van der Waals surface area (Å²) < 4.78 is 5.22. The van der Waals surface area contributed by atoms with Crippen molar-refractivity contribution in [3.8, 4) is 5.75 Å². The summed E-state index contributed by atoms with van der Waals surface area (Å²) in [6.45, 7) is 5.36. The van der Waals surface area contributed by atoms with E-state index in [1.165, 1.54) is 12.1 Å². The van der Waals surface area contributed by atoms with Crippen molar-refractivity contribution in [3.05, 3.63) is 24.3 Å². The van der Waals surface area contributed by atoms with Crippen molar-refractivity contribution in [2.75, 3.05) is 45.2 Å². The zero-order valence-electron chi connectivity index (χ0n) is 14.7. The molecule has 1 amide bonds. The van der Waals surface area contributed by atoms with Crippen LogP contribution in [0.5, 0.6) is 5.75 Å². The van der Waals surface area contributed by atoms with E-state index in [0.717, 1.165) is 38.6 Å². The highest BCUT2D eigenvalue weighted by atomic mass is 127. The largest absolute Gasteiger partial charge is 0.508 e. The molecule has 0 aliphatic carbocycles. The minimum absolute atomic E-state index is 0. The quantitative estimate of drug-likeness (QED) is 0.260. The molecule has 25 heavy (non-hydrogen) atoms. The molecule has 1 aliphatic heterocycles. The van der Waals surface area contributed by atoms with E-state index in [1.54, 1.807) is 19.2 Å². The van der Waals surface area contributed by atoms with Crippen molar-refractivity contribution in [2.24, 2.45) is 10.9 Å². The number of aromatic hydroxyl groups is 1. The summed E-state index contributed by atoms with van der Waals surface area (Å²) >= 11 is 0. The Hall–Kier alpha value is -1.55. The molecule has 0 saturated carbocycles. The topological polar surface area (TPSA) is 86.2 Å². The van der Waals surface area contributed by atoms with Gasteiger partial charge in [-0.1, -0.05) is 0 Å². The van der Waals surface area contributed by atoms with Gasteiger partial charge in [0.05, 0.1) is 6.61 Å². The Morgan fingerprint density at radius 2 is 2.12 bits per heavy atom. The Labute approximate surface area is 165 Å². The second kappa shape index (κ2) is 11.1. The van der Waals surface area contributed by atoms with Crippen LogP contribution in [0.25, 0.3) is 0 Å². The van der Waals surface area contributed by atoms with E-state index < -0.39 is 0 Å². The number of likely N-dealkylation sites (tertiary alicyclic amines) is 1. The van der Waals surface area contributed by atoms with Crippen LogP contribution in [0, 0.1) is 5.92 Å². The summed E-state index contributed by atoms with van der Waals surface area (Å²) in [5.74, 6) is 1.24. The van der Waals surface area contributed by atoms with Gasteiger partial charge in [0.15, 0.2) is 5.96 Å². The van der Waals surface area contributed by atoms with Gasteiger partial charge in [-0.25, -0.2) is 4.99 Å². The first-order chi connectivity index (χ1) is 11.6. The number of ether oxygens (including phenoxy) is 1. The molecule has 7 nitrogen and oxygen atoms in total. The van der Waals surface area contributed by atoms with Gasteiger partial charge in [-0.05, 0) is 37.6 Å². The number of amides is 1. The number of phenols is 1. The monoisotopic (exact) mass is 462 g/mol. The van der Waals surface area contributed by atoms with Crippen LogP contribution < -0.4 is 10.6 Å². The van der Waals surface area contributed by atoms with E-state index >= 15 is 0 Å². The standard InChI is InChI=1S/C17H26N4O3.HI/c1-3-18-17(21-9-8-13(11-21)12-24-2)19-10-16(23)20-14-4-6-15(22)7-5-14;/h4-7,13,22H,3,8-12H2,1-2H3,(H,18,19)(H,20,23);1H. The smallest absolute Gasteiger partial charge is 0.246 e. The number of hydrogen-bond donors (Lipinski definition) is 3. The average molecular weight is 462 g/mol. The third kappa shape index (κ3) is 7.07. The lowest BCUT2D eigenvalue weighted by Gasteiger charge is -2.21. The number of carbonyl (C=O) groups excluding carboxylic acids is 1. The minimum Gasteiger partial charge on any atom is -0.508 e. The van der Waals surface area contributed by atoms with E-state index in [4.69, 9.17) is 4.74 Å². The zero-order chi connectivity index (χ0) is 17.4. The van der Waals surface area contributed by atoms with Gasteiger partial charge in [-0.2, -0.15) is 0 Å². The summed E-state index contributed by atoms with van der Waals surface area (Å²) in [5, 5.41) is 15.2. The Morgan fingerprint density at radius 3 is 2.76 bits per heavy atom. The van der Waals surface area contributed by atoms with Crippen LogP contribution in [0.3, 0.4) is 0 Å². The lowest BCUT2D eigenvalue weighted by molar-refractivity contribution is -0.114. The van der Waals surface area contributed by atoms with Gasteiger partial charge in [-0.3, -0.25) is 4.79 Å². The molecule has 1 aliphatic rings. The number of rotatable bonds is 6. The molecule has 0 spiro atoms. The molecule has 1 aromatic carbocycles. The van der Waals surface area contributed by atoms with E-state index in [-0.39, 0.29) is 42.2 Å². The lowest BCUT2D eigenvalue weighted by Crippen LogP contribution is -2.40. The fourth-order valence-corrected chi connectivity index (χ4v) is 2.71. The fourth-order valence-electron chi connectivity index (χ4n) is 2.71. The number of hydrogen-bond acceptors (Lipinski definition) is 4. The molecule has 3 N–H and O–H groups in total. The molecule has 1 fully saturated rings. The zero-order valence-corrected chi connectivity index (χ0v) is 17.0.